The Morgan fingerprint density at radius 1 is 1.08 bits per heavy atom. The first-order valence-electron chi connectivity index (χ1n) is 9.89. The Morgan fingerprint density at radius 3 is 2.36 bits per heavy atom. The number of nitrogens with zero attached hydrogens (tertiary/aromatic N) is 2. The van der Waals surface area contributed by atoms with E-state index in [1.807, 2.05) is 4.90 Å². The monoisotopic (exact) mass is 343 g/mol. The van der Waals surface area contributed by atoms with Crippen LogP contribution in [0.4, 0.5) is 5.69 Å². The number of hydrogen-bond acceptors (Lipinski definition) is 3. The fraction of sp³-hybridized carbons (Fsp3) is 0.667. The fourth-order valence-corrected chi connectivity index (χ4v) is 4.20. The Kier molecular flexibility index (Phi) is 6.00. The molecule has 0 unspecified atom stereocenters. The third-order valence-corrected chi connectivity index (χ3v) is 5.83. The molecule has 1 N–H and O–H groups in total. The minimum atomic E-state index is 0.224. The van der Waals surface area contributed by atoms with E-state index in [4.69, 9.17) is 0 Å². The van der Waals surface area contributed by atoms with Crippen molar-refractivity contribution in [1.29, 1.82) is 0 Å². The van der Waals surface area contributed by atoms with Gasteiger partial charge in [0.05, 0.1) is 0 Å². The van der Waals surface area contributed by atoms with E-state index in [2.05, 4.69) is 48.3 Å². The number of nitrogens with one attached hydrogen (secondary N) is 1. The van der Waals surface area contributed by atoms with E-state index in [9.17, 15) is 4.79 Å². The molecule has 2 fully saturated rings. The molecule has 1 amide bonds. The first-order chi connectivity index (χ1) is 12.0. The molecular weight excluding hydrogens is 310 g/mol. The van der Waals surface area contributed by atoms with Crippen molar-refractivity contribution in [2.45, 2.75) is 64.5 Å². The van der Waals surface area contributed by atoms with Crippen LogP contribution < -0.4 is 5.32 Å². The maximum absolute atomic E-state index is 11.5. The molecule has 0 saturated carbocycles. The van der Waals surface area contributed by atoms with E-state index in [1.165, 1.54) is 30.6 Å². The maximum Gasteiger partial charge on any atom is 0.219 e. The molecule has 0 aliphatic carbocycles. The highest BCUT2D eigenvalue weighted by molar-refractivity contribution is 5.73. The van der Waals surface area contributed by atoms with Crippen molar-refractivity contribution < 1.29 is 4.79 Å². The van der Waals surface area contributed by atoms with Crippen LogP contribution in [-0.4, -0.2) is 54.0 Å². The lowest BCUT2D eigenvalue weighted by Crippen LogP contribution is -2.51. The lowest BCUT2D eigenvalue weighted by atomic mass is 9.97. The van der Waals surface area contributed by atoms with Gasteiger partial charge in [0.15, 0.2) is 0 Å². The molecule has 2 saturated heterocycles. The van der Waals surface area contributed by atoms with Gasteiger partial charge >= 0.3 is 0 Å². The first-order valence-corrected chi connectivity index (χ1v) is 9.89. The lowest BCUT2D eigenvalue weighted by Gasteiger charge is -2.42. The Labute approximate surface area is 152 Å². The predicted molar refractivity (Wildman–Crippen MR) is 104 cm³/mol. The average Bonchev–Trinajstić information content (AvgIpc) is 2.62. The predicted octanol–water partition coefficient (Wildman–Crippen LogP) is 3.70. The normalized spacial score (nSPS) is 23.0. The van der Waals surface area contributed by atoms with E-state index in [0.717, 1.165) is 32.5 Å². The van der Waals surface area contributed by atoms with E-state index in [-0.39, 0.29) is 5.91 Å². The molecule has 1 aromatic rings. The molecule has 4 nitrogen and oxygen atoms in total. The summed E-state index contributed by atoms with van der Waals surface area (Å²) in [7, 11) is 0. The summed E-state index contributed by atoms with van der Waals surface area (Å²) < 4.78 is 0. The van der Waals surface area contributed by atoms with Gasteiger partial charge < -0.3 is 10.2 Å². The smallest absolute Gasteiger partial charge is 0.219 e. The number of carbonyl (C=O) groups is 1. The summed E-state index contributed by atoms with van der Waals surface area (Å²) in [4.78, 5) is 16.2. The highest BCUT2D eigenvalue weighted by atomic mass is 16.2. The van der Waals surface area contributed by atoms with Crippen LogP contribution in [0.1, 0.15) is 57.9 Å². The number of rotatable bonds is 4. The molecule has 2 aliphatic rings. The average molecular weight is 344 g/mol. The van der Waals surface area contributed by atoms with Crippen LogP contribution in [0, 0.1) is 0 Å². The summed E-state index contributed by atoms with van der Waals surface area (Å²) in [5, 5.41) is 3.74. The van der Waals surface area contributed by atoms with E-state index < -0.39 is 0 Å². The van der Waals surface area contributed by atoms with Crippen LogP contribution in [0.3, 0.4) is 0 Å². The van der Waals surface area contributed by atoms with Gasteiger partial charge in [0, 0.05) is 44.3 Å². The Hall–Kier alpha value is -1.55. The number of likely N-dealkylation sites (tertiary alicyclic amines) is 2. The van der Waals surface area contributed by atoms with Gasteiger partial charge in [-0.3, -0.25) is 9.69 Å². The quantitative estimate of drug-likeness (QED) is 0.905. The molecule has 2 aliphatic heterocycles. The summed E-state index contributed by atoms with van der Waals surface area (Å²) in [6.45, 7) is 10.3. The first kappa shape index (κ1) is 18.2. The van der Waals surface area contributed by atoms with Crippen molar-refractivity contribution in [2.24, 2.45) is 0 Å². The highest BCUT2D eigenvalue weighted by Gasteiger charge is 2.29. The van der Waals surface area contributed by atoms with Gasteiger partial charge in [0.2, 0.25) is 5.91 Å². The molecule has 25 heavy (non-hydrogen) atoms. The number of piperidine rings is 2. The number of benzene rings is 1. The van der Waals surface area contributed by atoms with Crippen LogP contribution in [-0.2, 0) is 4.79 Å². The van der Waals surface area contributed by atoms with Crippen molar-refractivity contribution in [3.05, 3.63) is 29.8 Å². The largest absolute Gasteiger partial charge is 0.381 e. The molecule has 1 aromatic carbocycles. The zero-order valence-corrected chi connectivity index (χ0v) is 16.0. The summed E-state index contributed by atoms with van der Waals surface area (Å²) in [5.74, 6) is 0.807. The Bertz CT molecular complexity index is 561. The van der Waals surface area contributed by atoms with Gasteiger partial charge in [0.1, 0.15) is 0 Å². The zero-order chi connectivity index (χ0) is 17.8. The molecule has 1 atom stereocenters. The number of anilines is 1. The SMILES string of the molecule is CC(=O)N1CCC(N2CCC[C@@H](Nc3ccc(C(C)C)cc3)C2)CC1. The molecule has 0 spiro atoms. The topological polar surface area (TPSA) is 35.6 Å². The number of carbonyl (C=O) groups excluding carboxylic acids is 1. The lowest BCUT2D eigenvalue weighted by molar-refractivity contribution is -0.130. The summed E-state index contributed by atoms with van der Waals surface area (Å²) in [6, 6.07) is 10.1. The second-order valence-electron chi connectivity index (χ2n) is 7.99. The Morgan fingerprint density at radius 2 is 1.76 bits per heavy atom. The molecular formula is C21H33N3O. The zero-order valence-electron chi connectivity index (χ0n) is 16.0. The molecule has 3 rings (SSSR count). The van der Waals surface area contributed by atoms with Crippen LogP contribution in [0.15, 0.2) is 24.3 Å². The maximum atomic E-state index is 11.5. The fourth-order valence-electron chi connectivity index (χ4n) is 4.20. The van der Waals surface area contributed by atoms with Crippen molar-refractivity contribution >= 4 is 11.6 Å². The summed E-state index contributed by atoms with van der Waals surface area (Å²) in [5.41, 5.74) is 2.63. The number of amides is 1. The molecule has 0 bridgehead atoms. The van der Waals surface area contributed by atoms with Crippen LogP contribution >= 0.6 is 0 Å². The van der Waals surface area contributed by atoms with E-state index >= 15 is 0 Å². The van der Waals surface area contributed by atoms with Gasteiger partial charge in [-0.15, -0.1) is 0 Å². The minimum Gasteiger partial charge on any atom is -0.381 e. The molecule has 0 aromatic heterocycles. The molecule has 2 heterocycles. The molecule has 4 heteroatoms. The summed E-state index contributed by atoms with van der Waals surface area (Å²) >= 11 is 0. The minimum absolute atomic E-state index is 0.224. The molecule has 138 valence electrons. The van der Waals surface area contributed by atoms with Gasteiger partial charge in [-0.05, 0) is 55.8 Å². The summed E-state index contributed by atoms with van der Waals surface area (Å²) in [6.07, 6.45) is 4.74. The third-order valence-electron chi connectivity index (χ3n) is 5.83. The Balaban J connectivity index is 1.52. The van der Waals surface area contributed by atoms with Crippen LogP contribution in [0.5, 0.6) is 0 Å². The van der Waals surface area contributed by atoms with Gasteiger partial charge in [-0.25, -0.2) is 0 Å². The van der Waals surface area contributed by atoms with Gasteiger partial charge in [0.25, 0.3) is 0 Å². The highest BCUT2D eigenvalue weighted by Crippen LogP contribution is 2.24. The van der Waals surface area contributed by atoms with E-state index in [0.29, 0.717) is 18.0 Å². The van der Waals surface area contributed by atoms with Gasteiger partial charge in [-0.2, -0.15) is 0 Å². The molecule has 0 radical (unpaired) electrons. The third kappa shape index (κ3) is 4.75. The van der Waals surface area contributed by atoms with Crippen molar-refractivity contribution in [3.63, 3.8) is 0 Å². The standard InChI is InChI=1S/C21H33N3O/c1-16(2)18-6-8-19(9-7-18)22-20-5-4-12-24(15-20)21-10-13-23(14-11-21)17(3)25/h6-9,16,20-22H,4-5,10-15H2,1-3H3/t20-/m1/s1. The van der Waals surface area contributed by atoms with Crippen molar-refractivity contribution in [3.8, 4) is 0 Å². The second kappa shape index (κ2) is 8.22. The number of hydrogen-bond donors (Lipinski definition) is 1. The van der Waals surface area contributed by atoms with E-state index in [1.54, 1.807) is 6.92 Å². The van der Waals surface area contributed by atoms with Crippen molar-refractivity contribution in [2.75, 3.05) is 31.5 Å². The van der Waals surface area contributed by atoms with Crippen molar-refractivity contribution in [1.82, 2.24) is 9.80 Å². The van der Waals surface area contributed by atoms with Crippen LogP contribution in [0.25, 0.3) is 0 Å². The second-order valence-corrected chi connectivity index (χ2v) is 7.99. The van der Waals surface area contributed by atoms with Crippen LogP contribution in [0.2, 0.25) is 0 Å². The van der Waals surface area contributed by atoms with Gasteiger partial charge in [-0.1, -0.05) is 26.0 Å².